The second-order valence-corrected chi connectivity index (χ2v) is 8.04. The quantitative estimate of drug-likeness (QED) is 0.685. The van der Waals surface area contributed by atoms with Gasteiger partial charge in [-0.15, -0.1) is 0 Å². The third kappa shape index (κ3) is 6.54. The van der Waals surface area contributed by atoms with Crippen LogP contribution in [0.4, 0.5) is 0 Å². The normalized spacial score (nSPS) is 14.6. The van der Waals surface area contributed by atoms with E-state index in [1.807, 2.05) is 48.1 Å². The van der Waals surface area contributed by atoms with Crippen molar-refractivity contribution in [3.05, 3.63) is 0 Å². The minimum absolute atomic E-state index is 0.234. The molecule has 86 valence electrons. The Morgan fingerprint density at radius 2 is 1.07 bits per heavy atom. The molecule has 0 spiro atoms. The van der Waals surface area contributed by atoms with E-state index in [2.05, 4.69) is 0 Å². The largest absolute Gasteiger partial charge is 0.498 e. The molecule has 0 saturated carbocycles. The van der Waals surface area contributed by atoms with Crippen molar-refractivity contribution in [1.29, 1.82) is 0 Å². The Morgan fingerprint density at radius 1 is 0.786 bits per heavy atom. The summed E-state index contributed by atoms with van der Waals surface area (Å²) >= 11 is 0. The zero-order chi connectivity index (χ0) is 11.6. The first-order valence-electron chi connectivity index (χ1n) is 4.93. The third-order valence-corrected chi connectivity index (χ3v) is 4.06. The van der Waals surface area contributed by atoms with Gasteiger partial charge in [0.15, 0.2) is 0 Å². The molecule has 0 fully saturated rings. The van der Waals surface area contributed by atoms with Gasteiger partial charge in [0, 0.05) is 13.7 Å². The van der Waals surface area contributed by atoms with Crippen molar-refractivity contribution < 1.29 is 13.3 Å². The molecule has 0 aliphatic rings. The molecule has 0 aromatic carbocycles. The molecule has 0 aromatic rings. The van der Waals surface area contributed by atoms with E-state index >= 15 is 0 Å². The van der Waals surface area contributed by atoms with E-state index in [-0.39, 0.29) is 11.2 Å². The summed E-state index contributed by atoms with van der Waals surface area (Å²) in [4.78, 5) is 0. The molecular weight excluding hydrogens is 196 g/mol. The lowest BCUT2D eigenvalue weighted by Crippen LogP contribution is -2.51. The number of hydrogen-bond donors (Lipinski definition) is 0. The van der Waals surface area contributed by atoms with Gasteiger partial charge in [0.05, 0.1) is 11.2 Å². The minimum atomic E-state index is -2.49. The van der Waals surface area contributed by atoms with E-state index in [1.165, 1.54) is 0 Å². The third-order valence-electron chi connectivity index (χ3n) is 1.35. The maximum absolute atomic E-state index is 5.84. The molecule has 0 atom stereocenters. The van der Waals surface area contributed by atoms with Crippen LogP contribution in [0, 0.1) is 0 Å². The maximum Gasteiger partial charge on any atom is 0.498 e. The molecule has 3 nitrogen and oxygen atoms in total. The highest BCUT2D eigenvalue weighted by atomic mass is 28.4. The molecule has 0 aliphatic heterocycles. The van der Waals surface area contributed by atoms with Gasteiger partial charge in [0.25, 0.3) is 0 Å². The predicted molar refractivity (Wildman–Crippen MR) is 60.3 cm³/mol. The van der Waals surface area contributed by atoms with Gasteiger partial charge >= 0.3 is 8.80 Å². The van der Waals surface area contributed by atoms with Crippen LogP contribution >= 0.6 is 0 Å². The van der Waals surface area contributed by atoms with Gasteiger partial charge in [0.2, 0.25) is 0 Å². The summed E-state index contributed by atoms with van der Waals surface area (Å²) in [6.07, 6.45) is 0. The molecule has 0 aromatic heterocycles. The molecule has 0 heterocycles. The van der Waals surface area contributed by atoms with Gasteiger partial charge in [-0.1, -0.05) is 0 Å². The van der Waals surface area contributed by atoms with Crippen LogP contribution in [-0.2, 0) is 13.3 Å². The second kappa shape index (κ2) is 4.31. The van der Waals surface area contributed by atoms with Crippen molar-refractivity contribution in [3.63, 3.8) is 0 Å². The summed E-state index contributed by atoms with van der Waals surface area (Å²) in [5.74, 6) is 0. The molecular formula is C10H24O3Si. The summed E-state index contributed by atoms with van der Waals surface area (Å²) in [7, 11) is -0.852. The van der Waals surface area contributed by atoms with Crippen molar-refractivity contribution in [2.45, 2.75) is 59.3 Å². The zero-order valence-electron chi connectivity index (χ0n) is 10.7. The van der Waals surface area contributed by atoms with E-state index in [0.29, 0.717) is 0 Å². The topological polar surface area (TPSA) is 27.7 Å². The highest BCUT2D eigenvalue weighted by Gasteiger charge is 2.41. The van der Waals surface area contributed by atoms with Crippen molar-refractivity contribution in [2.75, 3.05) is 7.11 Å². The van der Waals surface area contributed by atoms with Gasteiger partial charge in [-0.25, -0.2) is 0 Å². The van der Waals surface area contributed by atoms with Crippen LogP contribution in [0.3, 0.4) is 0 Å². The Morgan fingerprint density at radius 3 is 1.21 bits per heavy atom. The van der Waals surface area contributed by atoms with Crippen molar-refractivity contribution in [1.82, 2.24) is 0 Å². The fraction of sp³-hybridized carbons (Fsp3) is 1.00. The molecule has 14 heavy (non-hydrogen) atoms. The van der Waals surface area contributed by atoms with Crippen LogP contribution in [0.1, 0.15) is 41.5 Å². The number of rotatable bonds is 3. The summed E-state index contributed by atoms with van der Waals surface area (Å²) in [5, 5.41) is 0. The first kappa shape index (κ1) is 14.1. The summed E-state index contributed by atoms with van der Waals surface area (Å²) < 4.78 is 17.1. The summed E-state index contributed by atoms with van der Waals surface area (Å²) in [6.45, 7) is 13.9. The fourth-order valence-electron chi connectivity index (χ4n) is 1.22. The van der Waals surface area contributed by atoms with Crippen LogP contribution in [0.5, 0.6) is 0 Å². The lowest BCUT2D eigenvalue weighted by atomic mass is 10.2. The highest BCUT2D eigenvalue weighted by molar-refractivity contribution is 6.59. The number of hydrogen-bond acceptors (Lipinski definition) is 3. The van der Waals surface area contributed by atoms with Gasteiger partial charge in [-0.3, -0.25) is 0 Å². The van der Waals surface area contributed by atoms with E-state index in [4.69, 9.17) is 13.3 Å². The van der Waals surface area contributed by atoms with Gasteiger partial charge in [-0.2, -0.15) is 0 Å². The lowest BCUT2D eigenvalue weighted by molar-refractivity contribution is -0.0317. The standard InChI is InChI=1S/C10H24O3Si/c1-9(2,3)12-14(8,11-7)13-10(4,5)6/h1-8H3. The molecule has 0 rings (SSSR count). The highest BCUT2D eigenvalue weighted by Crippen LogP contribution is 2.23. The first-order chi connectivity index (χ1) is 5.97. The van der Waals surface area contributed by atoms with E-state index in [0.717, 1.165) is 0 Å². The Bertz CT molecular complexity index is 163. The van der Waals surface area contributed by atoms with Crippen molar-refractivity contribution in [3.8, 4) is 0 Å². The van der Waals surface area contributed by atoms with Gasteiger partial charge in [0.1, 0.15) is 0 Å². The molecule has 0 bridgehead atoms. The van der Waals surface area contributed by atoms with E-state index in [1.54, 1.807) is 7.11 Å². The molecule has 0 unspecified atom stereocenters. The smallest absolute Gasteiger partial charge is 0.377 e. The van der Waals surface area contributed by atoms with E-state index in [9.17, 15) is 0 Å². The molecule has 0 saturated heterocycles. The Hall–Kier alpha value is 0.0969. The van der Waals surface area contributed by atoms with E-state index < -0.39 is 8.80 Å². The maximum atomic E-state index is 5.84. The predicted octanol–water partition coefficient (Wildman–Crippen LogP) is 2.83. The zero-order valence-corrected chi connectivity index (χ0v) is 11.7. The van der Waals surface area contributed by atoms with Crippen LogP contribution in [-0.4, -0.2) is 27.1 Å². The molecule has 0 radical (unpaired) electrons. The summed E-state index contributed by atoms with van der Waals surface area (Å²) in [5.41, 5.74) is -0.468. The minimum Gasteiger partial charge on any atom is -0.377 e. The Labute approximate surface area is 89.1 Å². The van der Waals surface area contributed by atoms with Crippen molar-refractivity contribution >= 4 is 8.80 Å². The second-order valence-electron chi connectivity index (χ2n) is 5.50. The molecule has 0 aliphatic carbocycles. The average Bonchev–Trinajstić information content (AvgIpc) is 1.78. The van der Waals surface area contributed by atoms with Crippen LogP contribution < -0.4 is 0 Å². The van der Waals surface area contributed by atoms with Crippen LogP contribution in [0.25, 0.3) is 0 Å². The molecule has 4 heteroatoms. The SMILES string of the molecule is CO[Si](C)(OC(C)(C)C)OC(C)(C)C. The molecule has 0 N–H and O–H groups in total. The Kier molecular flexibility index (Phi) is 4.34. The molecule has 0 amide bonds. The summed E-state index contributed by atoms with van der Waals surface area (Å²) in [6, 6.07) is 0. The lowest BCUT2D eigenvalue weighted by Gasteiger charge is -2.36. The van der Waals surface area contributed by atoms with Crippen LogP contribution in [0.15, 0.2) is 0 Å². The average molecular weight is 220 g/mol. The van der Waals surface area contributed by atoms with Gasteiger partial charge < -0.3 is 13.3 Å². The first-order valence-corrected chi connectivity index (χ1v) is 7.15. The fourth-order valence-corrected chi connectivity index (χ4v) is 3.65. The van der Waals surface area contributed by atoms with Crippen LogP contribution in [0.2, 0.25) is 6.55 Å². The monoisotopic (exact) mass is 220 g/mol. The Balaban J connectivity index is 4.49. The van der Waals surface area contributed by atoms with Gasteiger partial charge in [-0.05, 0) is 41.5 Å². The van der Waals surface area contributed by atoms with Crippen molar-refractivity contribution in [2.24, 2.45) is 0 Å².